The molecule has 7 heavy (non-hydrogen) atoms. The molecule has 0 atom stereocenters. The molecule has 0 aliphatic rings. The Bertz CT molecular complexity index is 62.7. The summed E-state index contributed by atoms with van der Waals surface area (Å²) >= 11 is 0. The second-order valence-electron chi connectivity index (χ2n) is 1.14. The molecule has 41 valence electrons. The summed E-state index contributed by atoms with van der Waals surface area (Å²) in [5.41, 5.74) is 1.49. The van der Waals surface area contributed by atoms with E-state index in [1.807, 2.05) is 0 Å². The van der Waals surface area contributed by atoms with Crippen LogP contribution in [0, 0.1) is 6.92 Å². The van der Waals surface area contributed by atoms with Gasteiger partial charge in [-0.3, -0.25) is 10.0 Å². The number of carbonyl (C=O) groups is 1. The predicted molar refractivity (Wildman–Crippen MR) is 24.5 cm³/mol. The molecule has 1 radical (unpaired) electrons. The maximum atomic E-state index is 10.0. The van der Waals surface area contributed by atoms with Crippen molar-refractivity contribution in [3.8, 4) is 0 Å². The van der Waals surface area contributed by atoms with E-state index in [-0.39, 0.29) is 12.3 Å². The van der Waals surface area contributed by atoms with E-state index in [0.717, 1.165) is 0 Å². The van der Waals surface area contributed by atoms with Gasteiger partial charge in [0.2, 0.25) is 5.91 Å². The second kappa shape index (κ2) is 3.61. The van der Waals surface area contributed by atoms with Crippen LogP contribution in [0.25, 0.3) is 0 Å². The Labute approximate surface area is 42.3 Å². The number of rotatable bonds is 2. The molecular weight excluding hydrogens is 94.0 g/mol. The molecule has 0 rings (SSSR count). The highest BCUT2D eigenvalue weighted by molar-refractivity contribution is 5.74. The van der Waals surface area contributed by atoms with Gasteiger partial charge < -0.3 is 0 Å². The number of amides is 1. The summed E-state index contributed by atoms with van der Waals surface area (Å²) in [4.78, 5) is 10.0. The van der Waals surface area contributed by atoms with Crippen LogP contribution in [0.2, 0.25) is 0 Å². The normalized spacial score (nSPS) is 8.29. The van der Waals surface area contributed by atoms with Gasteiger partial charge in [0.25, 0.3) is 0 Å². The van der Waals surface area contributed by atoms with Crippen molar-refractivity contribution in [2.45, 2.75) is 12.8 Å². The van der Waals surface area contributed by atoms with Crippen LogP contribution in [0.4, 0.5) is 0 Å². The van der Waals surface area contributed by atoms with Gasteiger partial charge in [-0.15, -0.1) is 0 Å². The van der Waals surface area contributed by atoms with Gasteiger partial charge in [0.05, 0.1) is 0 Å². The van der Waals surface area contributed by atoms with Crippen LogP contribution in [-0.2, 0) is 4.79 Å². The summed E-state index contributed by atoms with van der Waals surface area (Å²) in [6, 6.07) is 0. The molecule has 3 nitrogen and oxygen atoms in total. The molecule has 0 saturated carbocycles. The first kappa shape index (κ1) is 6.43. The van der Waals surface area contributed by atoms with Gasteiger partial charge in [0.1, 0.15) is 0 Å². The summed E-state index contributed by atoms with van der Waals surface area (Å²) in [6.07, 6.45) is 0.808. The van der Waals surface area contributed by atoms with Gasteiger partial charge in [0, 0.05) is 6.42 Å². The molecule has 0 bridgehead atoms. The Morgan fingerprint density at radius 1 is 1.86 bits per heavy atom. The van der Waals surface area contributed by atoms with E-state index in [1.165, 1.54) is 5.48 Å². The van der Waals surface area contributed by atoms with Crippen molar-refractivity contribution in [2.24, 2.45) is 0 Å². The quantitative estimate of drug-likeness (QED) is 0.384. The molecule has 0 aliphatic carbocycles. The van der Waals surface area contributed by atoms with E-state index in [9.17, 15) is 4.79 Å². The van der Waals surface area contributed by atoms with Crippen molar-refractivity contribution in [3.63, 3.8) is 0 Å². The molecule has 3 heteroatoms. The molecule has 0 saturated heterocycles. The summed E-state index contributed by atoms with van der Waals surface area (Å²) in [5, 5.41) is 7.84. The molecule has 2 N–H and O–H groups in total. The molecule has 0 aromatic carbocycles. The highest BCUT2D eigenvalue weighted by Crippen LogP contribution is 1.81. The number of carbonyl (C=O) groups excluding carboxylic acids is 1. The molecule has 0 spiro atoms. The number of hydroxylamine groups is 1. The van der Waals surface area contributed by atoms with Crippen molar-refractivity contribution in [1.82, 2.24) is 5.48 Å². The second-order valence-corrected chi connectivity index (χ2v) is 1.14. The van der Waals surface area contributed by atoms with Crippen molar-refractivity contribution < 1.29 is 10.0 Å². The first-order chi connectivity index (χ1) is 3.31. The van der Waals surface area contributed by atoms with Gasteiger partial charge in [-0.1, -0.05) is 6.92 Å². The van der Waals surface area contributed by atoms with Crippen molar-refractivity contribution in [1.29, 1.82) is 0 Å². The summed E-state index contributed by atoms with van der Waals surface area (Å²) < 4.78 is 0. The molecule has 0 aromatic heterocycles. The number of hydrogen-bond acceptors (Lipinski definition) is 2. The topological polar surface area (TPSA) is 49.3 Å². The standard InChI is InChI=1S/C4H8NO2/c1-2-3-4(6)5-7/h7H,1-3H2,(H,5,6). The van der Waals surface area contributed by atoms with Crippen LogP contribution in [0.15, 0.2) is 0 Å². The fourth-order valence-electron chi connectivity index (χ4n) is 0.216. The third-order valence-electron chi connectivity index (χ3n) is 0.529. The average Bonchev–Trinajstić information content (AvgIpc) is 1.68. The smallest absolute Gasteiger partial charge is 0.243 e. The van der Waals surface area contributed by atoms with E-state index in [1.54, 1.807) is 0 Å². The minimum Gasteiger partial charge on any atom is -0.289 e. The summed E-state index contributed by atoms with van der Waals surface area (Å²) in [5.74, 6) is -0.380. The highest BCUT2D eigenvalue weighted by Gasteiger charge is 1.91. The molecule has 0 fully saturated rings. The maximum absolute atomic E-state index is 10.0. The SMILES string of the molecule is [CH2]CCC(=O)NO. The van der Waals surface area contributed by atoms with Crippen LogP contribution in [0.3, 0.4) is 0 Å². The van der Waals surface area contributed by atoms with Gasteiger partial charge in [-0.05, 0) is 6.42 Å². The molecular formula is C4H8NO2. The van der Waals surface area contributed by atoms with E-state index in [0.29, 0.717) is 6.42 Å². The van der Waals surface area contributed by atoms with Gasteiger partial charge in [-0.25, -0.2) is 5.48 Å². The third-order valence-corrected chi connectivity index (χ3v) is 0.529. The lowest BCUT2D eigenvalue weighted by molar-refractivity contribution is -0.129. The van der Waals surface area contributed by atoms with Crippen molar-refractivity contribution >= 4 is 5.91 Å². The first-order valence-electron chi connectivity index (χ1n) is 2.03. The third kappa shape index (κ3) is 3.26. The van der Waals surface area contributed by atoms with Gasteiger partial charge in [0.15, 0.2) is 0 Å². The zero-order valence-electron chi connectivity index (χ0n) is 3.98. The summed E-state index contributed by atoms with van der Waals surface area (Å²) in [7, 11) is 0. The fourth-order valence-corrected chi connectivity index (χ4v) is 0.216. The zero-order chi connectivity index (χ0) is 5.70. The maximum Gasteiger partial charge on any atom is 0.243 e. The minimum absolute atomic E-state index is 0.288. The minimum atomic E-state index is -0.380. The van der Waals surface area contributed by atoms with Crippen LogP contribution in [0.5, 0.6) is 0 Å². The van der Waals surface area contributed by atoms with Crippen LogP contribution < -0.4 is 5.48 Å². The lowest BCUT2D eigenvalue weighted by Crippen LogP contribution is -2.17. The summed E-state index contributed by atoms with van der Waals surface area (Å²) in [6.45, 7) is 3.40. The molecule has 1 amide bonds. The number of hydrogen-bond donors (Lipinski definition) is 2. The van der Waals surface area contributed by atoms with Gasteiger partial charge in [-0.2, -0.15) is 0 Å². The van der Waals surface area contributed by atoms with Crippen molar-refractivity contribution in [3.05, 3.63) is 6.92 Å². The molecule has 0 unspecified atom stereocenters. The average molecular weight is 102 g/mol. The Hall–Kier alpha value is -0.570. The zero-order valence-corrected chi connectivity index (χ0v) is 3.98. The van der Waals surface area contributed by atoms with Crippen LogP contribution >= 0.6 is 0 Å². The molecule has 0 heterocycles. The monoisotopic (exact) mass is 102 g/mol. The molecule has 0 aliphatic heterocycles. The van der Waals surface area contributed by atoms with E-state index < -0.39 is 0 Å². The van der Waals surface area contributed by atoms with Crippen LogP contribution in [0.1, 0.15) is 12.8 Å². The van der Waals surface area contributed by atoms with E-state index in [4.69, 9.17) is 5.21 Å². The Morgan fingerprint density at radius 2 is 2.43 bits per heavy atom. The molecule has 0 aromatic rings. The van der Waals surface area contributed by atoms with E-state index >= 15 is 0 Å². The highest BCUT2D eigenvalue weighted by atomic mass is 16.5. The van der Waals surface area contributed by atoms with Crippen molar-refractivity contribution in [2.75, 3.05) is 0 Å². The first-order valence-corrected chi connectivity index (χ1v) is 2.03. The van der Waals surface area contributed by atoms with Crippen LogP contribution in [-0.4, -0.2) is 11.1 Å². The predicted octanol–water partition coefficient (Wildman–Crippen LogP) is 0.106. The fraction of sp³-hybridized carbons (Fsp3) is 0.500. The lowest BCUT2D eigenvalue weighted by atomic mass is 10.3. The number of nitrogens with one attached hydrogen (secondary N) is 1. The van der Waals surface area contributed by atoms with E-state index in [2.05, 4.69) is 6.92 Å². The lowest BCUT2D eigenvalue weighted by Gasteiger charge is -1.89. The Morgan fingerprint density at radius 3 is 2.57 bits per heavy atom. The Balaban J connectivity index is 3.00. The Kier molecular flexibility index (Phi) is 3.32. The van der Waals surface area contributed by atoms with Gasteiger partial charge >= 0.3 is 0 Å². The largest absolute Gasteiger partial charge is 0.289 e.